The Labute approximate surface area is 118 Å². The minimum Gasteiger partial charge on any atom is -0.327 e. The smallest absolute Gasteiger partial charge is 0.0111 e. The molecule has 0 spiro atoms. The molecule has 0 aromatic heterocycles. The van der Waals surface area contributed by atoms with E-state index in [9.17, 15) is 0 Å². The van der Waals surface area contributed by atoms with Crippen molar-refractivity contribution in [3.63, 3.8) is 0 Å². The SMILES string of the molecule is CC(C)CN1CCN(CC2C3CCC(C3)C2N)CC1. The van der Waals surface area contributed by atoms with Gasteiger partial charge in [0.05, 0.1) is 0 Å². The molecule has 3 heteroatoms. The van der Waals surface area contributed by atoms with Gasteiger partial charge in [-0.2, -0.15) is 0 Å². The van der Waals surface area contributed by atoms with E-state index in [1.165, 1.54) is 58.5 Å². The molecule has 1 saturated heterocycles. The normalized spacial score (nSPS) is 40.4. The summed E-state index contributed by atoms with van der Waals surface area (Å²) >= 11 is 0. The molecule has 3 aliphatic rings. The Bertz CT molecular complexity index is 294. The summed E-state index contributed by atoms with van der Waals surface area (Å²) in [6.45, 7) is 12.2. The minimum atomic E-state index is 0.507. The van der Waals surface area contributed by atoms with Crippen molar-refractivity contribution in [2.45, 2.75) is 39.2 Å². The van der Waals surface area contributed by atoms with Crippen molar-refractivity contribution in [3.8, 4) is 0 Å². The van der Waals surface area contributed by atoms with Crippen LogP contribution in [0.4, 0.5) is 0 Å². The molecule has 3 fully saturated rings. The van der Waals surface area contributed by atoms with E-state index in [0.717, 1.165) is 23.7 Å². The third-order valence-electron chi connectivity index (χ3n) is 5.72. The third kappa shape index (κ3) is 2.98. The van der Waals surface area contributed by atoms with E-state index in [4.69, 9.17) is 5.73 Å². The van der Waals surface area contributed by atoms with Crippen LogP contribution in [-0.2, 0) is 0 Å². The maximum atomic E-state index is 6.44. The van der Waals surface area contributed by atoms with E-state index in [1.807, 2.05) is 0 Å². The molecule has 0 aromatic carbocycles. The highest BCUT2D eigenvalue weighted by Gasteiger charge is 2.46. The molecule has 2 saturated carbocycles. The molecule has 3 rings (SSSR count). The maximum absolute atomic E-state index is 6.44. The average Bonchev–Trinajstić information content (AvgIpc) is 2.95. The van der Waals surface area contributed by atoms with Crippen LogP contribution in [0.2, 0.25) is 0 Å². The van der Waals surface area contributed by atoms with Gasteiger partial charge in [0.15, 0.2) is 0 Å². The van der Waals surface area contributed by atoms with Crippen LogP contribution in [0.25, 0.3) is 0 Å². The number of nitrogens with two attached hydrogens (primary N) is 1. The molecule has 3 nitrogen and oxygen atoms in total. The lowest BCUT2D eigenvalue weighted by atomic mass is 9.84. The van der Waals surface area contributed by atoms with Gasteiger partial charge in [-0.1, -0.05) is 13.8 Å². The third-order valence-corrected chi connectivity index (χ3v) is 5.72. The Hall–Kier alpha value is -0.120. The van der Waals surface area contributed by atoms with E-state index >= 15 is 0 Å². The summed E-state index contributed by atoms with van der Waals surface area (Å²) in [4.78, 5) is 5.31. The van der Waals surface area contributed by atoms with Crippen LogP contribution < -0.4 is 5.73 Å². The molecule has 2 bridgehead atoms. The lowest BCUT2D eigenvalue weighted by Crippen LogP contribution is -2.51. The summed E-state index contributed by atoms with van der Waals surface area (Å²) in [6, 6.07) is 0.507. The summed E-state index contributed by atoms with van der Waals surface area (Å²) in [5.74, 6) is 3.41. The van der Waals surface area contributed by atoms with Gasteiger partial charge in [-0.3, -0.25) is 0 Å². The minimum absolute atomic E-state index is 0.507. The second-order valence-electron chi connectivity index (χ2n) is 7.57. The molecular weight excluding hydrogens is 234 g/mol. The van der Waals surface area contributed by atoms with Crippen LogP contribution in [-0.4, -0.2) is 55.1 Å². The molecule has 0 amide bonds. The van der Waals surface area contributed by atoms with Crippen molar-refractivity contribution in [1.29, 1.82) is 0 Å². The first-order valence-corrected chi connectivity index (χ1v) is 8.33. The lowest BCUT2D eigenvalue weighted by Gasteiger charge is -2.39. The Morgan fingerprint density at radius 3 is 2.21 bits per heavy atom. The standard InChI is InChI=1S/C16H31N3/c1-12(2)10-18-5-7-19(8-6-18)11-15-13-3-4-14(9-13)16(15)17/h12-16H,3-11,17H2,1-2H3. The largest absolute Gasteiger partial charge is 0.327 e. The van der Waals surface area contributed by atoms with E-state index in [0.29, 0.717) is 6.04 Å². The van der Waals surface area contributed by atoms with Crippen molar-refractivity contribution in [3.05, 3.63) is 0 Å². The highest BCUT2D eigenvalue weighted by molar-refractivity contribution is 5.00. The van der Waals surface area contributed by atoms with Crippen LogP contribution in [0.5, 0.6) is 0 Å². The zero-order chi connectivity index (χ0) is 13.4. The van der Waals surface area contributed by atoms with Crippen LogP contribution in [0, 0.1) is 23.7 Å². The first-order chi connectivity index (χ1) is 9.13. The molecule has 2 N–H and O–H groups in total. The summed E-state index contributed by atoms with van der Waals surface area (Å²) in [5, 5.41) is 0. The van der Waals surface area contributed by atoms with Gasteiger partial charge < -0.3 is 15.5 Å². The molecule has 110 valence electrons. The zero-order valence-electron chi connectivity index (χ0n) is 12.7. The Morgan fingerprint density at radius 1 is 1.00 bits per heavy atom. The lowest BCUT2D eigenvalue weighted by molar-refractivity contribution is 0.0939. The summed E-state index contributed by atoms with van der Waals surface area (Å²) in [7, 11) is 0. The molecule has 1 aliphatic heterocycles. The molecule has 0 aromatic rings. The van der Waals surface area contributed by atoms with Crippen LogP contribution in [0.15, 0.2) is 0 Å². The number of hydrogen-bond donors (Lipinski definition) is 1. The predicted molar refractivity (Wildman–Crippen MR) is 80.0 cm³/mol. The van der Waals surface area contributed by atoms with Gasteiger partial charge in [0.25, 0.3) is 0 Å². The highest BCUT2D eigenvalue weighted by atomic mass is 15.3. The van der Waals surface area contributed by atoms with Crippen molar-refractivity contribution in [1.82, 2.24) is 9.80 Å². The molecule has 2 aliphatic carbocycles. The van der Waals surface area contributed by atoms with Gasteiger partial charge in [0, 0.05) is 45.3 Å². The fourth-order valence-electron chi connectivity index (χ4n) is 4.69. The molecule has 0 radical (unpaired) electrons. The Morgan fingerprint density at radius 2 is 1.63 bits per heavy atom. The summed E-state index contributed by atoms with van der Waals surface area (Å²) < 4.78 is 0. The van der Waals surface area contributed by atoms with Gasteiger partial charge >= 0.3 is 0 Å². The molecule has 4 atom stereocenters. The molecule has 19 heavy (non-hydrogen) atoms. The molecule has 4 unspecified atom stereocenters. The highest BCUT2D eigenvalue weighted by Crippen LogP contribution is 2.47. The van der Waals surface area contributed by atoms with Gasteiger partial charge in [0.2, 0.25) is 0 Å². The van der Waals surface area contributed by atoms with Gasteiger partial charge in [0.1, 0.15) is 0 Å². The fourth-order valence-corrected chi connectivity index (χ4v) is 4.69. The van der Waals surface area contributed by atoms with E-state index in [1.54, 1.807) is 0 Å². The molecule has 1 heterocycles. The van der Waals surface area contributed by atoms with Crippen molar-refractivity contribution < 1.29 is 0 Å². The zero-order valence-corrected chi connectivity index (χ0v) is 12.7. The summed E-state index contributed by atoms with van der Waals surface area (Å²) in [5.41, 5.74) is 6.44. The Balaban J connectivity index is 1.45. The number of piperazine rings is 1. The van der Waals surface area contributed by atoms with Crippen molar-refractivity contribution in [2.75, 3.05) is 39.3 Å². The maximum Gasteiger partial charge on any atom is 0.0111 e. The van der Waals surface area contributed by atoms with Gasteiger partial charge in [-0.05, 0) is 42.9 Å². The average molecular weight is 265 g/mol. The van der Waals surface area contributed by atoms with E-state index in [2.05, 4.69) is 23.6 Å². The second kappa shape index (κ2) is 5.71. The van der Waals surface area contributed by atoms with Gasteiger partial charge in [-0.15, -0.1) is 0 Å². The second-order valence-corrected chi connectivity index (χ2v) is 7.57. The monoisotopic (exact) mass is 265 g/mol. The van der Waals surface area contributed by atoms with E-state index < -0.39 is 0 Å². The number of rotatable bonds is 4. The van der Waals surface area contributed by atoms with E-state index in [-0.39, 0.29) is 0 Å². The van der Waals surface area contributed by atoms with Crippen molar-refractivity contribution >= 4 is 0 Å². The van der Waals surface area contributed by atoms with Crippen LogP contribution in [0.1, 0.15) is 33.1 Å². The van der Waals surface area contributed by atoms with Crippen LogP contribution in [0.3, 0.4) is 0 Å². The molecular formula is C16H31N3. The number of hydrogen-bond acceptors (Lipinski definition) is 3. The number of fused-ring (bicyclic) bond motifs is 2. The van der Waals surface area contributed by atoms with Crippen LogP contribution >= 0.6 is 0 Å². The number of nitrogens with zero attached hydrogens (tertiary/aromatic N) is 2. The topological polar surface area (TPSA) is 32.5 Å². The fraction of sp³-hybridized carbons (Fsp3) is 1.00. The predicted octanol–water partition coefficient (Wildman–Crippen LogP) is 1.63. The first-order valence-electron chi connectivity index (χ1n) is 8.33. The first kappa shape index (κ1) is 13.8. The Kier molecular flexibility index (Phi) is 4.16. The summed E-state index contributed by atoms with van der Waals surface area (Å²) in [6.07, 6.45) is 4.29. The van der Waals surface area contributed by atoms with Crippen molar-refractivity contribution in [2.24, 2.45) is 29.4 Å². The van der Waals surface area contributed by atoms with Gasteiger partial charge in [-0.25, -0.2) is 0 Å². The quantitative estimate of drug-likeness (QED) is 0.838.